The van der Waals surface area contributed by atoms with Crippen molar-refractivity contribution in [2.75, 3.05) is 16.8 Å². The standard InChI is InChI=1S/C17H16N4O3S/c18-10-12-1-3-14(4-2-12)20-16-9-13(5-7-19-16)17(22)21-15-6-8-25(23,24)11-15/h1-5,7,9,15H,6,8,11H2,(H,19,20)(H,21,22). The number of pyridine rings is 1. The molecule has 1 amide bonds. The summed E-state index contributed by atoms with van der Waals surface area (Å²) in [7, 11) is -3.04. The van der Waals surface area contributed by atoms with Crippen molar-refractivity contribution in [3.05, 3.63) is 53.7 Å². The summed E-state index contributed by atoms with van der Waals surface area (Å²) in [6.07, 6.45) is 1.95. The summed E-state index contributed by atoms with van der Waals surface area (Å²) in [6.45, 7) is 0. The Labute approximate surface area is 145 Å². The van der Waals surface area contributed by atoms with Crippen LogP contribution in [-0.4, -0.2) is 36.9 Å². The number of hydrogen-bond donors (Lipinski definition) is 2. The number of carbonyl (C=O) groups excluding carboxylic acids is 1. The fourth-order valence-corrected chi connectivity index (χ4v) is 4.27. The molecule has 1 aromatic heterocycles. The summed E-state index contributed by atoms with van der Waals surface area (Å²) in [5.41, 5.74) is 1.69. The molecule has 1 aliphatic rings. The fourth-order valence-electron chi connectivity index (χ4n) is 2.59. The van der Waals surface area contributed by atoms with Crippen LogP contribution in [0.2, 0.25) is 0 Å². The third kappa shape index (κ3) is 4.33. The summed E-state index contributed by atoms with van der Waals surface area (Å²) < 4.78 is 22.9. The third-order valence-electron chi connectivity index (χ3n) is 3.88. The number of amides is 1. The Morgan fingerprint density at radius 3 is 2.64 bits per heavy atom. The number of aromatic nitrogens is 1. The molecule has 3 rings (SSSR count). The number of rotatable bonds is 4. The van der Waals surface area contributed by atoms with Crippen molar-refractivity contribution in [2.24, 2.45) is 0 Å². The van der Waals surface area contributed by atoms with Crippen LogP contribution < -0.4 is 10.6 Å². The van der Waals surface area contributed by atoms with Gasteiger partial charge in [0.15, 0.2) is 9.84 Å². The Balaban J connectivity index is 1.68. The van der Waals surface area contributed by atoms with Gasteiger partial charge in [0, 0.05) is 23.5 Å². The van der Waals surface area contributed by atoms with E-state index in [4.69, 9.17) is 5.26 Å². The number of anilines is 2. The van der Waals surface area contributed by atoms with Gasteiger partial charge in [-0.2, -0.15) is 5.26 Å². The Kier molecular flexibility index (Phi) is 4.67. The van der Waals surface area contributed by atoms with Crippen LogP contribution in [0.1, 0.15) is 22.3 Å². The molecular weight excluding hydrogens is 340 g/mol. The van der Waals surface area contributed by atoms with Crippen LogP contribution in [-0.2, 0) is 9.84 Å². The zero-order valence-corrected chi connectivity index (χ0v) is 14.1. The second kappa shape index (κ2) is 6.91. The lowest BCUT2D eigenvalue weighted by Gasteiger charge is -2.12. The van der Waals surface area contributed by atoms with Crippen LogP contribution in [0.25, 0.3) is 0 Å². The van der Waals surface area contributed by atoms with Gasteiger partial charge in [0.1, 0.15) is 5.82 Å². The molecule has 1 saturated heterocycles. The topological polar surface area (TPSA) is 112 Å². The Morgan fingerprint density at radius 1 is 1.24 bits per heavy atom. The molecule has 25 heavy (non-hydrogen) atoms. The minimum absolute atomic E-state index is 0.0137. The molecule has 0 spiro atoms. The van der Waals surface area contributed by atoms with Crippen molar-refractivity contribution in [1.82, 2.24) is 10.3 Å². The minimum atomic E-state index is -3.04. The monoisotopic (exact) mass is 356 g/mol. The van der Waals surface area contributed by atoms with E-state index < -0.39 is 9.84 Å². The van der Waals surface area contributed by atoms with E-state index in [1.807, 2.05) is 6.07 Å². The van der Waals surface area contributed by atoms with Gasteiger partial charge in [-0.3, -0.25) is 4.79 Å². The maximum Gasteiger partial charge on any atom is 0.251 e. The lowest BCUT2D eigenvalue weighted by Crippen LogP contribution is -2.35. The summed E-state index contributed by atoms with van der Waals surface area (Å²) >= 11 is 0. The summed E-state index contributed by atoms with van der Waals surface area (Å²) in [6, 6.07) is 11.7. The van der Waals surface area contributed by atoms with Gasteiger partial charge in [-0.15, -0.1) is 0 Å². The van der Waals surface area contributed by atoms with Crippen LogP contribution in [0.5, 0.6) is 0 Å². The van der Waals surface area contributed by atoms with Gasteiger partial charge in [-0.25, -0.2) is 13.4 Å². The van der Waals surface area contributed by atoms with Crippen LogP contribution in [0, 0.1) is 11.3 Å². The van der Waals surface area contributed by atoms with Gasteiger partial charge in [-0.05, 0) is 42.8 Å². The van der Waals surface area contributed by atoms with E-state index in [2.05, 4.69) is 15.6 Å². The molecule has 0 aliphatic carbocycles. The molecule has 1 unspecified atom stereocenters. The fraction of sp³-hybridized carbons (Fsp3) is 0.235. The maximum absolute atomic E-state index is 12.3. The van der Waals surface area contributed by atoms with E-state index in [1.165, 1.54) is 6.20 Å². The van der Waals surface area contributed by atoms with Crippen molar-refractivity contribution in [3.8, 4) is 6.07 Å². The van der Waals surface area contributed by atoms with E-state index in [1.54, 1.807) is 36.4 Å². The second-order valence-corrected chi connectivity index (χ2v) is 8.05. The second-order valence-electron chi connectivity index (χ2n) is 5.82. The van der Waals surface area contributed by atoms with Crippen LogP contribution in [0.15, 0.2) is 42.6 Å². The quantitative estimate of drug-likeness (QED) is 0.861. The van der Waals surface area contributed by atoms with E-state index in [-0.39, 0.29) is 23.5 Å². The zero-order chi connectivity index (χ0) is 17.9. The molecule has 128 valence electrons. The summed E-state index contributed by atoms with van der Waals surface area (Å²) in [4.78, 5) is 16.5. The van der Waals surface area contributed by atoms with Crippen LogP contribution >= 0.6 is 0 Å². The van der Waals surface area contributed by atoms with Crippen molar-refractivity contribution < 1.29 is 13.2 Å². The molecule has 2 aromatic rings. The third-order valence-corrected chi connectivity index (χ3v) is 5.64. The first-order chi connectivity index (χ1) is 11.9. The van der Waals surface area contributed by atoms with Gasteiger partial charge in [0.2, 0.25) is 0 Å². The predicted molar refractivity (Wildman–Crippen MR) is 93.2 cm³/mol. The molecule has 1 atom stereocenters. The average molecular weight is 356 g/mol. The largest absolute Gasteiger partial charge is 0.348 e. The van der Waals surface area contributed by atoms with Gasteiger partial charge >= 0.3 is 0 Å². The molecule has 2 heterocycles. The summed E-state index contributed by atoms with van der Waals surface area (Å²) in [5.74, 6) is 0.253. The van der Waals surface area contributed by atoms with Crippen LogP contribution in [0.4, 0.5) is 11.5 Å². The lowest BCUT2D eigenvalue weighted by molar-refractivity contribution is 0.0941. The summed E-state index contributed by atoms with van der Waals surface area (Å²) in [5, 5.41) is 14.6. The lowest BCUT2D eigenvalue weighted by atomic mass is 10.2. The Hall–Kier alpha value is -2.92. The van der Waals surface area contributed by atoms with Crippen molar-refractivity contribution in [2.45, 2.75) is 12.5 Å². The minimum Gasteiger partial charge on any atom is -0.348 e. The van der Waals surface area contributed by atoms with Gasteiger partial charge in [-0.1, -0.05) is 0 Å². The molecule has 0 saturated carbocycles. The number of benzene rings is 1. The number of carbonyl (C=O) groups is 1. The number of nitrogens with zero attached hydrogens (tertiary/aromatic N) is 2. The first kappa shape index (κ1) is 16.9. The van der Waals surface area contributed by atoms with Crippen molar-refractivity contribution in [3.63, 3.8) is 0 Å². The SMILES string of the molecule is N#Cc1ccc(Nc2cc(C(=O)NC3CCS(=O)(=O)C3)ccn2)cc1. The Bertz CT molecular complexity index is 933. The first-order valence-corrected chi connectivity index (χ1v) is 9.52. The van der Waals surface area contributed by atoms with Crippen molar-refractivity contribution >= 4 is 27.2 Å². The van der Waals surface area contributed by atoms with E-state index in [0.717, 1.165) is 5.69 Å². The molecule has 1 fully saturated rings. The maximum atomic E-state index is 12.3. The highest BCUT2D eigenvalue weighted by atomic mass is 32.2. The first-order valence-electron chi connectivity index (χ1n) is 7.70. The van der Waals surface area contributed by atoms with E-state index in [9.17, 15) is 13.2 Å². The number of nitriles is 1. The zero-order valence-electron chi connectivity index (χ0n) is 13.3. The Morgan fingerprint density at radius 2 is 2.00 bits per heavy atom. The average Bonchev–Trinajstić information content (AvgIpc) is 2.94. The van der Waals surface area contributed by atoms with Crippen LogP contribution in [0.3, 0.4) is 0 Å². The predicted octanol–water partition coefficient (Wildman–Crippen LogP) is 1.61. The number of hydrogen-bond acceptors (Lipinski definition) is 6. The molecule has 2 N–H and O–H groups in total. The van der Waals surface area contributed by atoms with E-state index >= 15 is 0 Å². The van der Waals surface area contributed by atoms with Crippen molar-refractivity contribution in [1.29, 1.82) is 5.26 Å². The highest BCUT2D eigenvalue weighted by molar-refractivity contribution is 7.91. The van der Waals surface area contributed by atoms with E-state index in [0.29, 0.717) is 23.4 Å². The normalized spacial score (nSPS) is 18.3. The molecule has 1 aromatic carbocycles. The van der Waals surface area contributed by atoms with Gasteiger partial charge in [0.05, 0.1) is 23.1 Å². The smallest absolute Gasteiger partial charge is 0.251 e. The highest BCUT2D eigenvalue weighted by Gasteiger charge is 2.29. The van der Waals surface area contributed by atoms with Gasteiger partial charge < -0.3 is 10.6 Å². The molecule has 0 radical (unpaired) electrons. The molecule has 8 heteroatoms. The van der Waals surface area contributed by atoms with Gasteiger partial charge in [0.25, 0.3) is 5.91 Å². The number of nitrogens with one attached hydrogen (secondary N) is 2. The number of sulfone groups is 1. The molecule has 1 aliphatic heterocycles. The molecule has 0 bridgehead atoms. The molecular formula is C17H16N4O3S. The highest BCUT2D eigenvalue weighted by Crippen LogP contribution is 2.17. The molecule has 7 nitrogen and oxygen atoms in total.